The lowest BCUT2D eigenvalue weighted by Crippen LogP contribution is -2.03. The Labute approximate surface area is 66.4 Å². The lowest BCUT2D eigenvalue weighted by Gasteiger charge is -1.95. The SMILES string of the molecule is O=C(O)Cc1ccn(C(F)F)n1. The van der Waals surface area contributed by atoms with E-state index in [1.807, 2.05) is 0 Å². The number of hydrogen-bond acceptors (Lipinski definition) is 2. The number of rotatable bonds is 3. The molecule has 0 saturated carbocycles. The van der Waals surface area contributed by atoms with Gasteiger partial charge in [-0.25, -0.2) is 4.68 Å². The first-order chi connectivity index (χ1) is 5.59. The lowest BCUT2D eigenvalue weighted by atomic mass is 10.3. The summed E-state index contributed by atoms with van der Waals surface area (Å²) in [6, 6.07) is 1.25. The molecule has 0 aliphatic carbocycles. The molecular formula is C6H6F2N2O2. The molecule has 1 rings (SSSR count). The molecule has 0 saturated heterocycles. The van der Waals surface area contributed by atoms with Gasteiger partial charge in [0.2, 0.25) is 0 Å². The van der Waals surface area contributed by atoms with Crippen molar-refractivity contribution < 1.29 is 18.7 Å². The Balaban J connectivity index is 2.70. The van der Waals surface area contributed by atoms with Crippen molar-refractivity contribution in [1.29, 1.82) is 0 Å². The zero-order valence-electron chi connectivity index (χ0n) is 5.94. The van der Waals surface area contributed by atoms with Crippen LogP contribution in [0.25, 0.3) is 0 Å². The fourth-order valence-corrected chi connectivity index (χ4v) is 0.735. The Bertz CT molecular complexity index is 285. The first kappa shape index (κ1) is 8.63. The molecule has 1 aromatic heterocycles. The summed E-state index contributed by atoms with van der Waals surface area (Å²) in [5, 5.41) is 11.6. The molecule has 1 aromatic rings. The number of halogens is 2. The normalized spacial score (nSPS) is 10.6. The second-order valence-electron chi connectivity index (χ2n) is 2.14. The molecule has 0 aliphatic rings. The second kappa shape index (κ2) is 3.29. The highest BCUT2D eigenvalue weighted by Gasteiger charge is 2.09. The molecule has 0 amide bonds. The number of hydrogen-bond donors (Lipinski definition) is 1. The van der Waals surface area contributed by atoms with Crippen LogP contribution in [0.2, 0.25) is 0 Å². The summed E-state index contributed by atoms with van der Waals surface area (Å²) in [6.07, 6.45) is 0.711. The third kappa shape index (κ3) is 2.01. The number of carbonyl (C=O) groups is 1. The molecule has 1 heterocycles. The van der Waals surface area contributed by atoms with Crippen LogP contribution in [0.15, 0.2) is 12.3 Å². The topological polar surface area (TPSA) is 55.1 Å². The zero-order valence-corrected chi connectivity index (χ0v) is 5.94. The monoisotopic (exact) mass is 176 g/mol. The fourth-order valence-electron chi connectivity index (χ4n) is 0.735. The van der Waals surface area contributed by atoms with Gasteiger partial charge in [-0.05, 0) is 6.07 Å². The summed E-state index contributed by atoms with van der Waals surface area (Å²) in [6.45, 7) is -2.72. The van der Waals surface area contributed by atoms with E-state index in [1.54, 1.807) is 0 Å². The van der Waals surface area contributed by atoms with Gasteiger partial charge < -0.3 is 5.11 Å². The van der Waals surface area contributed by atoms with Crippen molar-refractivity contribution in [1.82, 2.24) is 9.78 Å². The van der Waals surface area contributed by atoms with E-state index >= 15 is 0 Å². The predicted octanol–water partition coefficient (Wildman–Crippen LogP) is 0.905. The molecule has 6 heteroatoms. The number of nitrogens with zero attached hydrogens (tertiary/aromatic N) is 2. The van der Waals surface area contributed by atoms with Crippen LogP contribution in [0.1, 0.15) is 12.2 Å². The van der Waals surface area contributed by atoms with Crippen molar-refractivity contribution in [3.63, 3.8) is 0 Å². The average molecular weight is 176 g/mol. The van der Waals surface area contributed by atoms with Gasteiger partial charge in [-0.3, -0.25) is 4.79 Å². The Kier molecular flexibility index (Phi) is 2.37. The van der Waals surface area contributed by atoms with Crippen molar-refractivity contribution >= 4 is 5.97 Å². The third-order valence-electron chi connectivity index (χ3n) is 1.20. The van der Waals surface area contributed by atoms with Gasteiger partial charge >= 0.3 is 12.5 Å². The summed E-state index contributed by atoms with van der Waals surface area (Å²) in [5.41, 5.74) is 0.128. The molecule has 0 radical (unpaired) electrons. The maximum Gasteiger partial charge on any atom is 0.333 e. The van der Waals surface area contributed by atoms with Gasteiger partial charge in [-0.1, -0.05) is 0 Å². The van der Waals surface area contributed by atoms with Gasteiger partial charge in [0.25, 0.3) is 0 Å². The number of carboxylic acids is 1. The Hall–Kier alpha value is -1.46. The number of aliphatic carboxylic acids is 1. The highest BCUT2D eigenvalue weighted by molar-refractivity contribution is 5.69. The second-order valence-corrected chi connectivity index (χ2v) is 2.14. The van der Waals surface area contributed by atoms with Crippen LogP contribution in [-0.2, 0) is 11.2 Å². The van der Waals surface area contributed by atoms with E-state index in [2.05, 4.69) is 5.10 Å². The van der Waals surface area contributed by atoms with Crippen molar-refractivity contribution in [3.05, 3.63) is 18.0 Å². The molecule has 0 bridgehead atoms. The molecule has 1 N–H and O–H groups in total. The average Bonchev–Trinajstić information content (AvgIpc) is 2.34. The molecule has 0 aliphatic heterocycles. The van der Waals surface area contributed by atoms with Crippen molar-refractivity contribution in [2.75, 3.05) is 0 Å². The Morgan fingerprint density at radius 3 is 2.83 bits per heavy atom. The standard InChI is InChI=1S/C6H6F2N2O2/c7-6(8)10-2-1-4(9-10)3-5(11)12/h1-2,6H,3H2,(H,11,12). The summed E-state index contributed by atoms with van der Waals surface area (Å²) in [5.74, 6) is -1.09. The zero-order chi connectivity index (χ0) is 9.14. The van der Waals surface area contributed by atoms with E-state index in [4.69, 9.17) is 5.11 Å². The quantitative estimate of drug-likeness (QED) is 0.744. The van der Waals surface area contributed by atoms with Gasteiger partial charge in [0.15, 0.2) is 0 Å². The van der Waals surface area contributed by atoms with E-state index in [1.165, 1.54) is 6.07 Å². The molecule has 0 spiro atoms. The van der Waals surface area contributed by atoms with Crippen LogP contribution >= 0.6 is 0 Å². The molecule has 4 nitrogen and oxygen atoms in total. The molecule has 0 atom stereocenters. The Morgan fingerprint density at radius 1 is 1.75 bits per heavy atom. The minimum Gasteiger partial charge on any atom is -0.481 e. The molecule has 12 heavy (non-hydrogen) atoms. The number of alkyl halides is 2. The summed E-state index contributed by atoms with van der Waals surface area (Å²) in [4.78, 5) is 10.1. The molecule has 0 aromatic carbocycles. The van der Waals surface area contributed by atoms with Crippen LogP contribution in [0.3, 0.4) is 0 Å². The molecular weight excluding hydrogens is 170 g/mol. The molecule has 0 unspecified atom stereocenters. The maximum absolute atomic E-state index is 11.9. The first-order valence-electron chi connectivity index (χ1n) is 3.13. The smallest absolute Gasteiger partial charge is 0.333 e. The predicted molar refractivity (Wildman–Crippen MR) is 34.8 cm³/mol. The van der Waals surface area contributed by atoms with Crippen LogP contribution < -0.4 is 0 Å². The fraction of sp³-hybridized carbons (Fsp3) is 0.333. The molecule has 66 valence electrons. The third-order valence-corrected chi connectivity index (χ3v) is 1.20. The number of aromatic nitrogens is 2. The number of carboxylic acid groups (broad SMARTS) is 1. The highest BCUT2D eigenvalue weighted by atomic mass is 19.3. The van der Waals surface area contributed by atoms with E-state index in [0.717, 1.165) is 6.20 Å². The van der Waals surface area contributed by atoms with Crippen molar-refractivity contribution in [2.24, 2.45) is 0 Å². The largest absolute Gasteiger partial charge is 0.481 e. The van der Waals surface area contributed by atoms with E-state index in [9.17, 15) is 13.6 Å². The van der Waals surface area contributed by atoms with Crippen LogP contribution in [0.5, 0.6) is 0 Å². The summed E-state index contributed by atoms with van der Waals surface area (Å²) < 4.78 is 24.2. The minimum absolute atomic E-state index is 0.128. The van der Waals surface area contributed by atoms with E-state index < -0.39 is 12.5 Å². The van der Waals surface area contributed by atoms with E-state index in [-0.39, 0.29) is 12.1 Å². The Morgan fingerprint density at radius 2 is 2.42 bits per heavy atom. The lowest BCUT2D eigenvalue weighted by molar-refractivity contribution is -0.136. The summed E-state index contributed by atoms with van der Waals surface area (Å²) in [7, 11) is 0. The van der Waals surface area contributed by atoms with Crippen LogP contribution in [-0.4, -0.2) is 20.9 Å². The van der Waals surface area contributed by atoms with Crippen LogP contribution in [0, 0.1) is 0 Å². The van der Waals surface area contributed by atoms with Gasteiger partial charge in [0.05, 0.1) is 12.1 Å². The maximum atomic E-state index is 11.9. The van der Waals surface area contributed by atoms with Crippen LogP contribution in [0.4, 0.5) is 8.78 Å². The van der Waals surface area contributed by atoms with Crippen molar-refractivity contribution in [3.8, 4) is 0 Å². The molecule has 0 fully saturated rings. The van der Waals surface area contributed by atoms with Gasteiger partial charge in [0.1, 0.15) is 0 Å². The van der Waals surface area contributed by atoms with Gasteiger partial charge in [0, 0.05) is 6.20 Å². The van der Waals surface area contributed by atoms with E-state index in [0.29, 0.717) is 4.68 Å². The minimum atomic E-state index is -2.72. The van der Waals surface area contributed by atoms with Gasteiger partial charge in [-0.2, -0.15) is 13.9 Å². The highest BCUT2D eigenvalue weighted by Crippen LogP contribution is 2.08. The first-order valence-corrected chi connectivity index (χ1v) is 3.13. The van der Waals surface area contributed by atoms with Gasteiger partial charge in [-0.15, -0.1) is 0 Å². The van der Waals surface area contributed by atoms with Crippen molar-refractivity contribution in [2.45, 2.75) is 13.0 Å². The summed E-state index contributed by atoms with van der Waals surface area (Å²) >= 11 is 0.